The van der Waals surface area contributed by atoms with Gasteiger partial charge in [0.15, 0.2) is 0 Å². The molecule has 0 atom stereocenters. The molecule has 22 heavy (non-hydrogen) atoms. The standard InChI is InChI=1S/C15H12N4O3/c1-21-12-8-11(6-7-17-12)14-18-15(22-19-14)10-4-2-9(3-5-10)13(16)20/h2-8H,1H3,(H2,16,20). The summed E-state index contributed by atoms with van der Waals surface area (Å²) in [4.78, 5) is 19.4. The molecule has 0 fully saturated rings. The van der Waals surface area contributed by atoms with Crippen LogP contribution in [0.15, 0.2) is 47.1 Å². The van der Waals surface area contributed by atoms with Crippen LogP contribution >= 0.6 is 0 Å². The van der Waals surface area contributed by atoms with Crippen molar-refractivity contribution in [3.05, 3.63) is 48.2 Å². The molecule has 0 spiro atoms. The molecule has 0 saturated carbocycles. The molecule has 0 aliphatic rings. The summed E-state index contributed by atoms with van der Waals surface area (Å²) in [5.74, 6) is 0.757. The second-order valence-corrected chi connectivity index (χ2v) is 4.45. The number of carbonyl (C=O) groups excluding carboxylic acids is 1. The SMILES string of the molecule is COc1cc(-c2noc(-c3ccc(C(N)=O)cc3)n2)ccn1. The van der Waals surface area contributed by atoms with E-state index in [1.54, 1.807) is 42.6 Å². The van der Waals surface area contributed by atoms with E-state index in [1.165, 1.54) is 7.11 Å². The number of amides is 1. The maximum Gasteiger partial charge on any atom is 0.258 e. The van der Waals surface area contributed by atoms with E-state index in [0.717, 1.165) is 5.56 Å². The lowest BCUT2D eigenvalue weighted by Gasteiger charge is -1.98. The van der Waals surface area contributed by atoms with Crippen LogP contribution in [0.3, 0.4) is 0 Å². The monoisotopic (exact) mass is 296 g/mol. The summed E-state index contributed by atoms with van der Waals surface area (Å²) in [5, 5.41) is 3.93. The molecule has 3 rings (SSSR count). The van der Waals surface area contributed by atoms with Gasteiger partial charge < -0.3 is 15.0 Å². The van der Waals surface area contributed by atoms with Crippen molar-refractivity contribution in [3.63, 3.8) is 0 Å². The molecule has 0 aliphatic heterocycles. The highest BCUT2D eigenvalue weighted by atomic mass is 16.5. The van der Waals surface area contributed by atoms with Crippen LogP contribution in [0.4, 0.5) is 0 Å². The van der Waals surface area contributed by atoms with Crippen LogP contribution in [0.1, 0.15) is 10.4 Å². The van der Waals surface area contributed by atoms with Crippen molar-refractivity contribution in [1.29, 1.82) is 0 Å². The summed E-state index contributed by atoms with van der Waals surface area (Å²) in [7, 11) is 1.54. The van der Waals surface area contributed by atoms with Gasteiger partial charge in [0.25, 0.3) is 5.89 Å². The van der Waals surface area contributed by atoms with E-state index >= 15 is 0 Å². The molecular weight excluding hydrogens is 284 g/mol. The molecule has 3 aromatic rings. The molecule has 2 heterocycles. The molecule has 7 nitrogen and oxygen atoms in total. The fourth-order valence-corrected chi connectivity index (χ4v) is 1.90. The Morgan fingerprint density at radius 3 is 2.64 bits per heavy atom. The fourth-order valence-electron chi connectivity index (χ4n) is 1.90. The van der Waals surface area contributed by atoms with Gasteiger partial charge >= 0.3 is 0 Å². The minimum atomic E-state index is -0.485. The average molecular weight is 296 g/mol. The Labute approximate surface area is 125 Å². The van der Waals surface area contributed by atoms with Crippen LogP contribution in [0, 0.1) is 0 Å². The van der Waals surface area contributed by atoms with E-state index < -0.39 is 5.91 Å². The Hall–Kier alpha value is -3.22. The van der Waals surface area contributed by atoms with E-state index in [2.05, 4.69) is 15.1 Å². The summed E-state index contributed by atoms with van der Waals surface area (Å²) < 4.78 is 10.3. The van der Waals surface area contributed by atoms with Crippen molar-refractivity contribution in [3.8, 4) is 28.7 Å². The van der Waals surface area contributed by atoms with Gasteiger partial charge in [-0.3, -0.25) is 4.79 Å². The summed E-state index contributed by atoms with van der Waals surface area (Å²) in [6, 6.07) is 10.1. The van der Waals surface area contributed by atoms with Crippen LogP contribution < -0.4 is 10.5 Å². The maximum atomic E-state index is 11.1. The zero-order chi connectivity index (χ0) is 15.5. The van der Waals surface area contributed by atoms with Gasteiger partial charge in [-0.15, -0.1) is 0 Å². The van der Waals surface area contributed by atoms with Crippen molar-refractivity contribution in [2.75, 3.05) is 7.11 Å². The van der Waals surface area contributed by atoms with Crippen LogP contribution in [0.5, 0.6) is 5.88 Å². The number of primary amides is 1. The van der Waals surface area contributed by atoms with E-state index in [0.29, 0.717) is 28.7 Å². The summed E-state index contributed by atoms with van der Waals surface area (Å²) >= 11 is 0. The molecule has 2 aromatic heterocycles. The molecular formula is C15H12N4O3. The number of benzene rings is 1. The highest BCUT2D eigenvalue weighted by Gasteiger charge is 2.12. The zero-order valence-electron chi connectivity index (χ0n) is 11.7. The first kappa shape index (κ1) is 13.7. The second-order valence-electron chi connectivity index (χ2n) is 4.45. The third-order valence-electron chi connectivity index (χ3n) is 3.04. The number of rotatable bonds is 4. The number of hydrogen-bond acceptors (Lipinski definition) is 6. The molecule has 0 bridgehead atoms. The van der Waals surface area contributed by atoms with Crippen LogP contribution in [0.2, 0.25) is 0 Å². The maximum absolute atomic E-state index is 11.1. The fraction of sp³-hybridized carbons (Fsp3) is 0.0667. The molecule has 0 radical (unpaired) electrons. The largest absolute Gasteiger partial charge is 0.481 e. The first-order chi connectivity index (χ1) is 10.7. The Kier molecular flexibility index (Phi) is 3.53. The van der Waals surface area contributed by atoms with Crippen molar-refractivity contribution in [2.24, 2.45) is 5.73 Å². The molecule has 1 aromatic carbocycles. The van der Waals surface area contributed by atoms with Crippen molar-refractivity contribution < 1.29 is 14.1 Å². The number of carbonyl (C=O) groups is 1. The normalized spacial score (nSPS) is 10.4. The molecule has 0 unspecified atom stereocenters. The molecule has 7 heteroatoms. The van der Waals surface area contributed by atoms with Crippen molar-refractivity contribution in [2.45, 2.75) is 0 Å². The predicted molar refractivity (Wildman–Crippen MR) is 78.0 cm³/mol. The number of nitrogens with zero attached hydrogens (tertiary/aromatic N) is 3. The Morgan fingerprint density at radius 1 is 1.18 bits per heavy atom. The summed E-state index contributed by atoms with van der Waals surface area (Å²) in [6.45, 7) is 0. The van der Waals surface area contributed by atoms with Gasteiger partial charge in [-0.1, -0.05) is 5.16 Å². The van der Waals surface area contributed by atoms with E-state index in [4.69, 9.17) is 15.0 Å². The van der Waals surface area contributed by atoms with Crippen LogP contribution in [0.25, 0.3) is 22.8 Å². The first-order valence-electron chi connectivity index (χ1n) is 6.42. The Bertz CT molecular complexity index is 812. The third-order valence-corrected chi connectivity index (χ3v) is 3.04. The molecule has 0 aliphatic carbocycles. The lowest BCUT2D eigenvalue weighted by molar-refractivity contribution is 0.100. The molecule has 1 amide bonds. The summed E-state index contributed by atoms with van der Waals surface area (Å²) in [6.07, 6.45) is 1.60. The molecule has 2 N–H and O–H groups in total. The van der Waals surface area contributed by atoms with Gasteiger partial charge in [-0.25, -0.2) is 4.98 Å². The first-order valence-corrected chi connectivity index (χ1v) is 6.42. The quantitative estimate of drug-likeness (QED) is 0.788. The number of pyridine rings is 1. The van der Waals surface area contributed by atoms with Gasteiger partial charge in [0, 0.05) is 29.0 Å². The summed E-state index contributed by atoms with van der Waals surface area (Å²) in [5.41, 5.74) is 7.05. The highest BCUT2D eigenvalue weighted by Crippen LogP contribution is 2.23. The Balaban J connectivity index is 1.91. The van der Waals surface area contributed by atoms with Gasteiger partial charge in [-0.2, -0.15) is 4.98 Å². The van der Waals surface area contributed by atoms with Crippen LogP contribution in [-0.4, -0.2) is 28.1 Å². The van der Waals surface area contributed by atoms with E-state index in [1.807, 2.05) is 0 Å². The number of hydrogen-bond donors (Lipinski definition) is 1. The number of aromatic nitrogens is 3. The molecule has 110 valence electrons. The van der Waals surface area contributed by atoms with Crippen molar-refractivity contribution in [1.82, 2.24) is 15.1 Å². The minimum absolute atomic E-state index is 0.349. The second kappa shape index (κ2) is 5.65. The predicted octanol–water partition coefficient (Wildman–Crippen LogP) is 1.91. The minimum Gasteiger partial charge on any atom is -0.481 e. The van der Waals surface area contributed by atoms with E-state index in [-0.39, 0.29) is 0 Å². The van der Waals surface area contributed by atoms with Gasteiger partial charge in [0.1, 0.15) is 0 Å². The lowest BCUT2D eigenvalue weighted by Crippen LogP contribution is -2.10. The highest BCUT2D eigenvalue weighted by molar-refractivity contribution is 5.93. The smallest absolute Gasteiger partial charge is 0.258 e. The van der Waals surface area contributed by atoms with Crippen LogP contribution in [-0.2, 0) is 0 Å². The van der Waals surface area contributed by atoms with Crippen molar-refractivity contribution >= 4 is 5.91 Å². The zero-order valence-corrected chi connectivity index (χ0v) is 11.7. The number of methoxy groups -OCH3 is 1. The number of ether oxygens (including phenoxy) is 1. The number of nitrogens with two attached hydrogens (primary N) is 1. The topological polar surface area (TPSA) is 104 Å². The average Bonchev–Trinajstić information content (AvgIpc) is 3.05. The van der Waals surface area contributed by atoms with E-state index in [9.17, 15) is 4.79 Å². The third kappa shape index (κ3) is 2.64. The van der Waals surface area contributed by atoms with Gasteiger partial charge in [0.05, 0.1) is 7.11 Å². The lowest BCUT2D eigenvalue weighted by atomic mass is 10.1. The Morgan fingerprint density at radius 2 is 1.95 bits per heavy atom. The van der Waals surface area contributed by atoms with Gasteiger partial charge in [0.2, 0.25) is 17.6 Å². The van der Waals surface area contributed by atoms with Gasteiger partial charge in [-0.05, 0) is 30.3 Å². The molecule has 0 saturated heterocycles.